The number of rotatable bonds is 2. The second-order valence-electron chi connectivity index (χ2n) is 6.70. The number of carbonyl (C=O) groups excluding carboxylic acids is 1. The molecule has 1 aromatic carbocycles. The predicted octanol–water partition coefficient (Wildman–Crippen LogP) is 2.19. The molecule has 0 radical (unpaired) electrons. The van der Waals surface area contributed by atoms with E-state index in [-0.39, 0.29) is 5.91 Å². The van der Waals surface area contributed by atoms with Gasteiger partial charge < -0.3 is 9.80 Å². The highest BCUT2D eigenvalue weighted by Gasteiger charge is 2.23. The molecule has 7 heteroatoms. The van der Waals surface area contributed by atoms with Gasteiger partial charge >= 0.3 is 0 Å². The van der Waals surface area contributed by atoms with Gasteiger partial charge in [0.2, 0.25) is 0 Å². The Hall–Kier alpha value is -3.40. The van der Waals surface area contributed by atoms with Crippen molar-refractivity contribution in [2.24, 2.45) is 7.05 Å². The maximum atomic E-state index is 12.7. The van der Waals surface area contributed by atoms with Crippen LogP contribution in [0.15, 0.2) is 42.7 Å². The summed E-state index contributed by atoms with van der Waals surface area (Å²) < 4.78 is 1.63. The molecule has 3 aromatic rings. The number of carbonyl (C=O) groups is 1. The number of para-hydroxylation sites is 1. The van der Waals surface area contributed by atoms with E-state index in [1.54, 1.807) is 24.1 Å². The Morgan fingerprint density at radius 3 is 2.81 bits per heavy atom. The molecule has 3 heterocycles. The minimum absolute atomic E-state index is 0.00285. The molecule has 27 heavy (non-hydrogen) atoms. The Morgan fingerprint density at radius 2 is 2.04 bits per heavy atom. The zero-order chi connectivity index (χ0) is 18.8. The molecule has 0 spiro atoms. The molecule has 4 rings (SSSR count). The first-order chi connectivity index (χ1) is 13.2. The van der Waals surface area contributed by atoms with Gasteiger partial charge in [0.05, 0.1) is 22.8 Å². The molecule has 1 saturated heterocycles. The Balaban J connectivity index is 1.57. The Bertz CT molecular complexity index is 1030. The number of amides is 1. The number of aryl methyl sites for hydroxylation is 1. The zero-order valence-electron chi connectivity index (χ0n) is 15.2. The predicted molar refractivity (Wildman–Crippen MR) is 102 cm³/mol. The van der Waals surface area contributed by atoms with Gasteiger partial charge in [0.25, 0.3) is 5.91 Å². The van der Waals surface area contributed by atoms with Crippen molar-refractivity contribution in [1.82, 2.24) is 19.7 Å². The van der Waals surface area contributed by atoms with Crippen LogP contribution in [0.5, 0.6) is 0 Å². The van der Waals surface area contributed by atoms with Crippen LogP contribution in [0.25, 0.3) is 10.9 Å². The molecule has 0 N–H and O–H groups in total. The number of nitriles is 1. The van der Waals surface area contributed by atoms with Crippen LogP contribution in [0.3, 0.4) is 0 Å². The van der Waals surface area contributed by atoms with E-state index in [4.69, 9.17) is 4.98 Å². The third-order valence-corrected chi connectivity index (χ3v) is 4.86. The fraction of sp³-hybridized carbons (Fsp3) is 0.300. The number of aromatic nitrogens is 3. The van der Waals surface area contributed by atoms with E-state index in [0.717, 1.165) is 23.9 Å². The summed E-state index contributed by atoms with van der Waals surface area (Å²) in [5.74, 6) is 0.698. The molecule has 7 nitrogen and oxygen atoms in total. The first-order valence-corrected chi connectivity index (χ1v) is 8.98. The quantitative estimate of drug-likeness (QED) is 0.700. The summed E-state index contributed by atoms with van der Waals surface area (Å²) in [6.45, 7) is 2.68. The number of benzene rings is 1. The highest BCUT2D eigenvalue weighted by Crippen LogP contribution is 2.24. The lowest BCUT2D eigenvalue weighted by molar-refractivity contribution is 0.0767. The molecular formula is C20H20N6O. The molecule has 136 valence electrons. The second-order valence-corrected chi connectivity index (χ2v) is 6.70. The maximum absolute atomic E-state index is 12.7. The van der Waals surface area contributed by atoms with Crippen molar-refractivity contribution in [1.29, 1.82) is 5.26 Å². The van der Waals surface area contributed by atoms with Crippen molar-refractivity contribution in [3.63, 3.8) is 0 Å². The summed E-state index contributed by atoms with van der Waals surface area (Å²) in [6, 6.07) is 12.0. The molecule has 2 aromatic heterocycles. The molecule has 0 aliphatic carbocycles. The van der Waals surface area contributed by atoms with Crippen LogP contribution in [-0.2, 0) is 7.05 Å². The molecule has 0 saturated carbocycles. The minimum Gasteiger partial charge on any atom is -0.354 e. The van der Waals surface area contributed by atoms with E-state index < -0.39 is 0 Å². The second kappa shape index (κ2) is 7.08. The van der Waals surface area contributed by atoms with E-state index in [1.165, 1.54) is 0 Å². The topological polar surface area (TPSA) is 78.0 Å². The van der Waals surface area contributed by atoms with Crippen molar-refractivity contribution < 1.29 is 4.79 Å². The first kappa shape index (κ1) is 17.0. The number of anilines is 1. The molecule has 1 fully saturated rings. The average molecular weight is 360 g/mol. The fourth-order valence-corrected chi connectivity index (χ4v) is 3.48. The van der Waals surface area contributed by atoms with Crippen LogP contribution in [0, 0.1) is 11.3 Å². The highest BCUT2D eigenvalue weighted by atomic mass is 16.2. The number of nitrogens with zero attached hydrogens (tertiary/aromatic N) is 6. The van der Waals surface area contributed by atoms with Gasteiger partial charge in [0.1, 0.15) is 11.9 Å². The van der Waals surface area contributed by atoms with E-state index in [2.05, 4.69) is 16.1 Å². The Labute approximate surface area is 157 Å². The summed E-state index contributed by atoms with van der Waals surface area (Å²) in [7, 11) is 1.80. The van der Waals surface area contributed by atoms with Crippen molar-refractivity contribution in [3.8, 4) is 6.07 Å². The van der Waals surface area contributed by atoms with Crippen molar-refractivity contribution in [3.05, 3.63) is 53.9 Å². The molecule has 0 bridgehead atoms. The molecule has 1 amide bonds. The molecule has 1 aliphatic heterocycles. The number of fused-ring (bicyclic) bond motifs is 1. The lowest BCUT2D eigenvalue weighted by Crippen LogP contribution is -2.35. The van der Waals surface area contributed by atoms with Gasteiger partial charge in [-0.05, 0) is 18.6 Å². The van der Waals surface area contributed by atoms with Crippen LogP contribution in [-0.4, -0.2) is 51.8 Å². The third kappa shape index (κ3) is 3.34. The van der Waals surface area contributed by atoms with Gasteiger partial charge in [0.15, 0.2) is 0 Å². The summed E-state index contributed by atoms with van der Waals surface area (Å²) in [5.41, 5.74) is 2.05. The monoisotopic (exact) mass is 360 g/mol. The van der Waals surface area contributed by atoms with Crippen LogP contribution >= 0.6 is 0 Å². The van der Waals surface area contributed by atoms with Gasteiger partial charge in [-0.15, -0.1) is 0 Å². The van der Waals surface area contributed by atoms with Crippen molar-refractivity contribution >= 4 is 22.6 Å². The van der Waals surface area contributed by atoms with Gasteiger partial charge in [0, 0.05) is 44.8 Å². The van der Waals surface area contributed by atoms with Gasteiger partial charge in [-0.2, -0.15) is 10.4 Å². The standard InChI is InChI=1S/C20H20N6O/c1-24-14-17(13-22-24)20(27)26-8-4-7-25(9-10-26)19-16(12-21)11-15-5-2-3-6-18(15)23-19/h2-3,5-6,11,13-14H,4,7-10H2,1H3. The van der Waals surface area contributed by atoms with Crippen LogP contribution in [0.1, 0.15) is 22.3 Å². The molecular weight excluding hydrogens is 340 g/mol. The maximum Gasteiger partial charge on any atom is 0.257 e. The van der Waals surface area contributed by atoms with E-state index in [1.807, 2.05) is 35.2 Å². The van der Waals surface area contributed by atoms with E-state index in [9.17, 15) is 10.1 Å². The Morgan fingerprint density at radius 1 is 1.19 bits per heavy atom. The summed E-state index contributed by atoms with van der Waals surface area (Å²) in [6.07, 6.45) is 4.17. The average Bonchev–Trinajstić information content (AvgIpc) is 2.98. The van der Waals surface area contributed by atoms with Gasteiger partial charge in [-0.25, -0.2) is 4.98 Å². The zero-order valence-corrected chi connectivity index (χ0v) is 15.2. The van der Waals surface area contributed by atoms with Crippen molar-refractivity contribution in [2.45, 2.75) is 6.42 Å². The lowest BCUT2D eigenvalue weighted by Gasteiger charge is -2.23. The normalized spacial score (nSPS) is 14.8. The number of hydrogen-bond acceptors (Lipinski definition) is 5. The fourth-order valence-electron chi connectivity index (χ4n) is 3.48. The number of hydrogen-bond donors (Lipinski definition) is 0. The summed E-state index contributed by atoms with van der Waals surface area (Å²) in [5, 5.41) is 14.6. The first-order valence-electron chi connectivity index (χ1n) is 8.98. The minimum atomic E-state index is -0.00285. The number of pyridine rings is 1. The van der Waals surface area contributed by atoms with Gasteiger partial charge in [-0.3, -0.25) is 9.48 Å². The third-order valence-electron chi connectivity index (χ3n) is 4.86. The highest BCUT2D eigenvalue weighted by molar-refractivity contribution is 5.93. The van der Waals surface area contributed by atoms with E-state index >= 15 is 0 Å². The van der Waals surface area contributed by atoms with Gasteiger partial charge in [-0.1, -0.05) is 18.2 Å². The SMILES string of the molecule is Cn1cc(C(=O)N2CCCN(c3nc4ccccc4cc3C#N)CC2)cn1. The summed E-state index contributed by atoms with van der Waals surface area (Å²) >= 11 is 0. The Kier molecular flexibility index (Phi) is 4.47. The largest absolute Gasteiger partial charge is 0.354 e. The smallest absolute Gasteiger partial charge is 0.257 e. The summed E-state index contributed by atoms with van der Waals surface area (Å²) in [4.78, 5) is 21.4. The molecule has 1 aliphatic rings. The molecule has 0 atom stereocenters. The molecule has 0 unspecified atom stereocenters. The lowest BCUT2D eigenvalue weighted by atomic mass is 10.1. The van der Waals surface area contributed by atoms with Crippen LogP contribution in [0.4, 0.5) is 5.82 Å². The van der Waals surface area contributed by atoms with Crippen LogP contribution in [0.2, 0.25) is 0 Å². The van der Waals surface area contributed by atoms with Crippen LogP contribution < -0.4 is 4.90 Å². The van der Waals surface area contributed by atoms with Crippen molar-refractivity contribution in [2.75, 3.05) is 31.1 Å². The van der Waals surface area contributed by atoms with E-state index in [0.29, 0.717) is 36.6 Å².